The summed E-state index contributed by atoms with van der Waals surface area (Å²) in [4.78, 5) is 26.7. The largest absolute Gasteiger partial charge is 0.493 e. The minimum Gasteiger partial charge on any atom is -0.493 e. The molecule has 0 spiro atoms. The van der Waals surface area contributed by atoms with Crippen LogP contribution in [-0.2, 0) is 4.79 Å². The van der Waals surface area contributed by atoms with E-state index in [0.29, 0.717) is 33.3 Å². The average Bonchev–Trinajstić information content (AvgIpc) is 3.18. The van der Waals surface area contributed by atoms with Crippen LogP contribution in [0.3, 0.4) is 0 Å². The van der Waals surface area contributed by atoms with Crippen LogP contribution in [0.25, 0.3) is 17.3 Å². The number of nitrogens with zero attached hydrogens (tertiary/aromatic N) is 2. The Labute approximate surface area is 210 Å². The number of nitrogens with one attached hydrogen (secondary N) is 1. The first-order chi connectivity index (χ1) is 17.0. The van der Waals surface area contributed by atoms with Gasteiger partial charge in [-0.3, -0.25) is 14.2 Å². The SMILES string of the molecule is CCOc1ccccc1C=c1sc(=C(C#N)C(=O)Nc2ccccc2Cl)n(-c2ccccc2)c1=O. The van der Waals surface area contributed by atoms with Crippen molar-refractivity contribution >= 4 is 46.2 Å². The van der Waals surface area contributed by atoms with Gasteiger partial charge in [0.2, 0.25) is 0 Å². The summed E-state index contributed by atoms with van der Waals surface area (Å²) >= 11 is 7.24. The number of hydrogen-bond donors (Lipinski definition) is 1. The minimum atomic E-state index is -0.659. The van der Waals surface area contributed by atoms with Gasteiger partial charge in [-0.25, -0.2) is 0 Å². The molecule has 0 aliphatic heterocycles. The quantitative estimate of drug-likeness (QED) is 0.431. The van der Waals surface area contributed by atoms with Crippen molar-refractivity contribution in [1.82, 2.24) is 4.57 Å². The third-order valence-electron chi connectivity index (χ3n) is 5.02. The maximum absolute atomic E-state index is 13.5. The van der Waals surface area contributed by atoms with Gasteiger partial charge in [0.05, 0.1) is 27.5 Å². The molecular formula is C27H20ClN3O3S. The third-order valence-corrected chi connectivity index (χ3v) is 6.44. The van der Waals surface area contributed by atoms with Gasteiger partial charge in [0.25, 0.3) is 11.5 Å². The number of nitriles is 1. The molecule has 3 aromatic carbocycles. The number of ether oxygens (including phenoxy) is 1. The van der Waals surface area contributed by atoms with E-state index < -0.39 is 5.91 Å². The van der Waals surface area contributed by atoms with Crippen molar-refractivity contribution in [2.24, 2.45) is 0 Å². The van der Waals surface area contributed by atoms with Crippen LogP contribution >= 0.6 is 22.9 Å². The van der Waals surface area contributed by atoms with E-state index in [1.165, 1.54) is 4.57 Å². The zero-order valence-electron chi connectivity index (χ0n) is 18.7. The minimum absolute atomic E-state index is 0.200. The number of hydrogen-bond acceptors (Lipinski definition) is 5. The summed E-state index contributed by atoms with van der Waals surface area (Å²) in [6.45, 7) is 2.36. The van der Waals surface area contributed by atoms with Gasteiger partial charge < -0.3 is 10.1 Å². The smallest absolute Gasteiger partial charge is 0.273 e. The van der Waals surface area contributed by atoms with Crippen LogP contribution in [0.1, 0.15) is 12.5 Å². The zero-order chi connectivity index (χ0) is 24.8. The zero-order valence-corrected chi connectivity index (χ0v) is 20.3. The van der Waals surface area contributed by atoms with Crippen molar-refractivity contribution in [2.45, 2.75) is 6.92 Å². The van der Waals surface area contributed by atoms with Crippen molar-refractivity contribution in [1.29, 1.82) is 5.26 Å². The molecule has 6 nitrogen and oxygen atoms in total. The number of amides is 1. The predicted molar refractivity (Wildman–Crippen MR) is 139 cm³/mol. The second-order valence-corrected chi connectivity index (χ2v) is 8.72. The van der Waals surface area contributed by atoms with E-state index in [2.05, 4.69) is 5.32 Å². The number of benzene rings is 3. The lowest BCUT2D eigenvalue weighted by Gasteiger charge is -2.07. The number of carbonyl (C=O) groups excluding carboxylic acids is 1. The summed E-state index contributed by atoms with van der Waals surface area (Å²) in [7, 11) is 0. The van der Waals surface area contributed by atoms with Gasteiger partial charge in [-0.15, -0.1) is 11.3 Å². The van der Waals surface area contributed by atoms with Gasteiger partial charge >= 0.3 is 0 Å². The summed E-state index contributed by atoms with van der Waals surface area (Å²) < 4.78 is 7.64. The number of halogens is 1. The molecule has 0 aliphatic carbocycles. The first kappa shape index (κ1) is 24.0. The molecule has 0 atom stereocenters. The summed E-state index contributed by atoms with van der Waals surface area (Å²) in [5.74, 6) is -0.0237. The number of aromatic nitrogens is 1. The van der Waals surface area contributed by atoms with Crippen LogP contribution < -0.4 is 24.8 Å². The molecule has 4 rings (SSSR count). The highest BCUT2D eigenvalue weighted by molar-refractivity contribution is 7.07. The van der Waals surface area contributed by atoms with Crippen molar-refractivity contribution in [3.05, 3.63) is 109 Å². The van der Waals surface area contributed by atoms with E-state index in [1.807, 2.05) is 43.3 Å². The van der Waals surface area contributed by atoms with Crippen LogP contribution in [0.4, 0.5) is 5.69 Å². The predicted octanol–water partition coefficient (Wildman–Crippen LogP) is 4.09. The lowest BCUT2D eigenvalue weighted by atomic mass is 10.2. The van der Waals surface area contributed by atoms with E-state index in [0.717, 1.165) is 16.9 Å². The number of rotatable bonds is 6. The van der Waals surface area contributed by atoms with Gasteiger partial charge in [0, 0.05) is 5.56 Å². The Morgan fingerprint density at radius 1 is 1.09 bits per heavy atom. The Balaban J connectivity index is 1.97. The standard InChI is InChI=1S/C27H20ClN3O3S/c1-2-34-23-15-9-6-10-18(23)16-24-26(33)31(19-11-4-3-5-12-19)27(35-24)20(17-29)25(32)30-22-14-8-7-13-21(22)28/h3-16H,2H2,1H3,(H,30,32). The molecule has 0 fully saturated rings. The molecule has 1 N–H and O–H groups in total. The molecule has 0 bridgehead atoms. The van der Waals surface area contributed by atoms with Crippen LogP contribution in [0.2, 0.25) is 5.02 Å². The molecule has 0 radical (unpaired) electrons. The second kappa shape index (κ2) is 10.9. The molecule has 35 heavy (non-hydrogen) atoms. The number of anilines is 1. The lowest BCUT2D eigenvalue weighted by molar-refractivity contribution is -0.111. The first-order valence-electron chi connectivity index (χ1n) is 10.7. The maximum atomic E-state index is 13.5. The van der Waals surface area contributed by atoms with E-state index in [9.17, 15) is 14.9 Å². The average molecular weight is 502 g/mol. The van der Waals surface area contributed by atoms with Crippen molar-refractivity contribution in [3.63, 3.8) is 0 Å². The van der Waals surface area contributed by atoms with Crippen LogP contribution in [0.5, 0.6) is 5.75 Å². The van der Waals surface area contributed by atoms with Gasteiger partial charge in [0.15, 0.2) is 5.57 Å². The second-order valence-electron chi connectivity index (χ2n) is 7.28. The number of carbonyl (C=O) groups is 1. The summed E-state index contributed by atoms with van der Waals surface area (Å²) in [6, 6.07) is 25.0. The molecular weight excluding hydrogens is 482 g/mol. The molecule has 0 unspecified atom stereocenters. The molecule has 1 aromatic heterocycles. The van der Waals surface area contributed by atoms with Crippen molar-refractivity contribution in [3.8, 4) is 17.5 Å². The van der Waals surface area contributed by atoms with Crippen LogP contribution in [-0.4, -0.2) is 17.1 Å². The highest BCUT2D eigenvalue weighted by atomic mass is 35.5. The fourth-order valence-corrected chi connectivity index (χ4v) is 4.71. The normalized spacial score (nSPS) is 12.1. The maximum Gasteiger partial charge on any atom is 0.273 e. The van der Waals surface area contributed by atoms with Gasteiger partial charge in [0.1, 0.15) is 16.5 Å². The Morgan fingerprint density at radius 3 is 2.49 bits per heavy atom. The van der Waals surface area contributed by atoms with Gasteiger partial charge in [-0.1, -0.05) is 60.1 Å². The molecule has 0 saturated heterocycles. The Hall–Kier alpha value is -4.12. The Bertz CT molecular complexity index is 1600. The van der Waals surface area contributed by atoms with Gasteiger partial charge in [-0.05, 0) is 43.3 Å². The molecule has 4 aromatic rings. The molecule has 0 aliphatic rings. The summed E-state index contributed by atoms with van der Waals surface area (Å²) in [5.41, 5.74) is 1.09. The third kappa shape index (κ3) is 5.19. The molecule has 174 valence electrons. The van der Waals surface area contributed by atoms with Crippen molar-refractivity contribution in [2.75, 3.05) is 11.9 Å². The Kier molecular flexibility index (Phi) is 7.46. The monoisotopic (exact) mass is 501 g/mol. The molecule has 1 amide bonds. The molecule has 1 heterocycles. The summed E-state index contributed by atoms with van der Waals surface area (Å²) in [6.07, 6.45) is 1.71. The van der Waals surface area contributed by atoms with E-state index in [-0.39, 0.29) is 15.8 Å². The topological polar surface area (TPSA) is 84.1 Å². The Morgan fingerprint density at radius 2 is 1.77 bits per heavy atom. The highest BCUT2D eigenvalue weighted by Gasteiger charge is 2.18. The van der Waals surface area contributed by atoms with Crippen LogP contribution in [0.15, 0.2) is 83.7 Å². The number of para-hydroxylation sites is 3. The summed E-state index contributed by atoms with van der Waals surface area (Å²) in [5, 5.41) is 13.0. The van der Waals surface area contributed by atoms with E-state index >= 15 is 0 Å². The van der Waals surface area contributed by atoms with Crippen molar-refractivity contribution < 1.29 is 9.53 Å². The first-order valence-corrected chi connectivity index (χ1v) is 11.9. The van der Waals surface area contributed by atoms with Crippen LogP contribution in [0, 0.1) is 11.3 Å². The fraction of sp³-hybridized carbons (Fsp3) is 0.0741. The molecule has 8 heteroatoms. The van der Waals surface area contributed by atoms with E-state index in [1.54, 1.807) is 54.6 Å². The lowest BCUT2D eigenvalue weighted by Crippen LogP contribution is -2.32. The van der Waals surface area contributed by atoms with E-state index in [4.69, 9.17) is 16.3 Å². The number of thiazole rings is 1. The van der Waals surface area contributed by atoms with Gasteiger partial charge in [-0.2, -0.15) is 5.26 Å². The molecule has 0 saturated carbocycles. The highest BCUT2D eigenvalue weighted by Crippen LogP contribution is 2.21. The fourth-order valence-electron chi connectivity index (χ4n) is 3.43.